The zero-order valence-corrected chi connectivity index (χ0v) is 11.7. The molecule has 2 N–H and O–H groups in total. The van der Waals surface area contributed by atoms with Crippen LogP contribution >= 0.6 is 0 Å². The summed E-state index contributed by atoms with van der Waals surface area (Å²) in [5.74, 6) is 0.183. The number of aromatic nitrogens is 1. The fourth-order valence-corrected chi connectivity index (χ4v) is 2.54. The summed E-state index contributed by atoms with van der Waals surface area (Å²) in [4.78, 5) is 18.2. The number of nitrogen functional groups attached to an aromatic ring is 1. The SMILES string of the molecule is CC1OC(c2ccncc2N)CC(=O)C1CN(C)C. The van der Waals surface area contributed by atoms with Gasteiger partial charge in [-0.2, -0.15) is 0 Å². The van der Waals surface area contributed by atoms with Gasteiger partial charge in [0.1, 0.15) is 5.78 Å². The molecule has 19 heavy (non-hydrogen) atoms. The molecule has 2 heterocycles. The molecule has 0 aromatic carbocycles. The van der Waals surface area contributed by atoms with Crippen LogP contribution in [0.5, 0.6) is 0 Å². The van der Waals surface area contributed by atoms with Crippen LogP contribution < -0.4 is 5.73 Å². The zero-order valence-electron chi connectivity index (χ0n) is 11.7. The molecule has 0 saturated carbocycles. The van der Waals surface area contributed by atoms with Gasteiger partial charge in [0.2, 0.25) is 0 Å². The fourth-order valence-electron chi connectivity index (χ4n) is 2.54. The van der Waals surface area contributed by atoms with Crippen molar-refractivity contribution in [3.63, 3.8) is 0 Å². The van der Waals surface area contributed by atoms with Crippen molar-refractivity contribution in [2.45, 2.75) is 25.6 Å². The summed E-state index contributed by atoms with van der Waals surface area (Å²) in [5.41, 5.74) is 7.34. The number of pyridine rings is 1. The number of hydrogen-bond acceptors (Lipinski definition) is 5. The standard InChI is InChI=1S/C14H21N3O2/c1-9-11(8-17(2)3)13(18)6-14(19-9)10-4-5-16-7-12(10)15/h4-5,7,9,11,14H,6,8,15H2,1-3H3. The minimum atomic E-state index is -0.246. The van der Waals surface area contributed by atoms with Gasteiger partial charge in [0.15, 0.2) is 0 Å². The van der Waals surface area contributed by atoms with Gasteiger partial charge < -0.3 is 15.4 Å². The lowest BCUT2D eigenvalue weighted by molar-refractivity contribution is -0.146. The molecule has 0 amide bonds. The highest BCUT2D eigenvalue weighted by molar-refractivity contribution is 5.83. The van der Waals surface area contributed by atoms with E-state index in [1.54, 1.807) is 12.4 Å². The van der Waals surface area contributed by atoms with Crippen LogP contribution in [0.25, 0.3) is 0 Å². The molecule has 3 unspecified atom stereocenters. The van der Waals surface area contributed by atoms with E-state index in [1.165, 1.54) is 0 Å². The van der Waals surface area contributed by atoms with Gasteiger partial charge in [-0.15, -0.1) is 0 Å². The first-order valence-electron chi connectivity index (χ1n) is 6.51. The van der Waals surface area contributed by atoms with Crippen molar-refractivity contribution in [1.82, 2.24) is 9.88 Å². The monoisotopic (exact) mass is 263 g/mol. The number of nitrogens with two attached hydrogens (primary N) is 1. The molecule has 0 spiro atoms. The van der Waals surface area contributed by atoms with Crippen LogP contribution in [0.3, 0.4) is 0 Å². The Morgan fingerprint density at radius 2 is 2.26 bits per heavy atom. The number of carbonyl (C=O) groups excluding carboxylic acids is 1. The Kier molecular flexibility index (Phi) is 4.17. The number of hydrogen-bond donors (Lipinski definition) is 1. The predicted molar refractivity (Wildman–Crippen MR) is 73.6 cm³/mol. The Bertz CT molecular complexity index is 462. The van der Waals surface area contributed by atoms with E-state index in [0.29, 0.717) is 12.1 Å². The Morgan fingerprint density at radius 3 is 2.84 bits per heavy atom. The third-order valence-electron chi connectivity index (χ3n) is 3.54. The van der Waals surface area contributed by atoms with E-state index in [4.69, 9.17) is 10.5 Å². The molecule has 1 saturated heterocycles. The Balaban J connectivity index is 2.14. The highest BCUT2D eigenvalue weighted by atomic mass is 16.5. The van der Waals surface area contributed by atoms with Gasteiger partial charge in [-0.3, -0.25) is 9.78 Å². The topological polar surface area (TPSA) is 68.5 Å². The number of anilines is 1. The average Bonchev–Trinajstić information content (AvgIpc) is 2.34. The van der Waals surface area contributed by atoms with Crippen molar-refractivity contribution in [3.05, 3.63) is 24.0 Å². The van der Waals surface area contributed by atoms with Crippen LogP contribution in [0, 0.1) is 5.92 Å². The summed E-state index contributed by atoms with van der Waals surface area (Å²) < 4.78 is 5.98. The van der Waals surface area contributed by atoms with Gasteiger partial charge in [0, 0.05) is 24.7 Å². The maximum Gasteiger partial charge on any atom is 0.142 e. The molecular formula is C14H21N3O2. The number of carbonyl (C=O) groups is 1. The first-order chi connectivity index (χ1) is 8.99. The smallest absolute Gasteiger partial charge is 0.142 e. The predicted octanol–water partition coefficient (Wildman–Crippen LogP) is 1.26. The summed E-state index contributed by atoms with van der Waals surface area (Å²) in [5, 5.41) is 0. The largest absolute Gasteiger partial charge is 0.397 e. The van der Waals surface area contributed by atoms with Crippen LogP contribution in [0.4, 0.5) is 5.69 Å². The van der Waals surface area contributed by atoms with Crippen LogP contribution in [-0.4, -0.2) is 42.4 Å². The number of ether oxygens (including phenoxy) is 1. The minimum absolute atomic E-state index is 0.0608. The highest BCUT2D eigenvalue weighted by Gasteiger charge is 2.36. The van der Waals surface area contributed by atoms with Gasteiger partial charge in [-0.25, -0.2) is 0 Å². The van der Waals surface area contributed by atoms with E-state index < -0.39 is 0 Å². The molecule has 1 aromatic heterocycles. The number of rotatable bonds is 3. The lowest BCUT2D eigenvalue weighted by atomic mass is 9.88. The third-order valence-corrected chi connectivity index (χ3v) is 3.54. The highest BCUT2D eigenvalue weighted by Crippen LogP contribution is 2.34. The summed E-state index contributed by atoms with van der Waals surface area (Å²) in [6.07, 6.45) is 3.32. The fraction of sp³-hybridized carbons (Fsp3) is 0.571. The van der Waals surface area contributed by atoms with E-state index in [1.807, 2.05) is 32.0 Å². The van der Waals surface area contributed by atoms with E-state index in [9.17, 15) is 4.79 Å². The number of nitrogens with zero attached hydrogens (tertiary/aromatic N) is 2. The molecule has 0 radical (unpaired) electrons. The van der Waals surface area contributed by atoms with Crippen molar-refractivity contribution in [2.75, 3.05) is 26.4 Å². The van der Waals surface area contributed by atoms with Crippen molar-refractivity contribution in [2.24, 2.45) is 5.92 Å². The lowest BCUT2D eigenvalue weighted by Gasteiger charge is -2.35. The van der Waals surface area contributed by atoms with Crippen LogP contribution in [0.2, 0.25) is 0 Å². The van der Waals surface area contributed by atoms with E-state index >= 15 is 0 Å². The van der Waals surface area contributed by atoms with Crippen molar-refractivity contribution in [3.8, 4) is 0 Å². The molecule has 1 aromatic rings. The maximum atomic E-state index is 12.3. The quantitative estimate of drug-likeness (QED) is 0.889. The van der Waals surface area contributed by atoms with Gasteiger partial charge in [0.25, 0.3) is 0 Å². The second kappa shape index (κ2) is 5.67. The van der Waals surface area contributed by atoms with Gasteiger partial charge in [0.05, 0.1) is 30.0 Å². The lowest BCUT2D eigenvalue weighted by Crippen LogP contribution is -2.42. The molecule has 5 nitrogen and oxygen atoms in total. The first-order valence-corrected chi connectivity index (χ1v) is 6.51. The molecule has 2 rings (SSSR count). The van der Waals surface area contributed by atoms with Crippen molar-refractivity contribution >= 4 is 11.5 Å². The third kappa shape index (κ3) is 3.11. The molecule has 0 aliphatic carbocycles. The first kappa shape index (κ1) is 14.0. The number of ketones is 1. The number of Topliss-reactive ketones (excluding diaryl/α,β-unsaturated/α-hetero) is 1. The summed E-state index contributed by atoms with van der Waals surface area (Å²) in [6, 6.07) is 1.83. The van der Waals surface area contributed by atoms with Gasteiger partial charge >= 0.3 is 0 Å². The molecule has 3 atom stereocenters. The minimum Gasteiger partial charge on any atom is -0.397 e. The molecule has 5 heteroatoms. The second-order valence-corrected chi connectivity index (χ2v) is 5.37. The maximum absolute atomic E-state index is 12.3. The molecule has 1 aliphatic heterocycles. The molecule has 0 bridgehead atoms. The zero-order chi connectivity index (χ0) is 14.0. The summed E-state index contributed by atoms with van der Waals surface area (Å²) in [6.45, 7) is 2.67. The molecule has 104 valence electrons. The summed E-state index contributed by atoms with van der Waals surface area (Å²) in [7, 11) is 3.93. The molecule has 1 fully saturated rings. The Labute approximate surface area is 113 Å². The normalized spacial score (nSPS) is 27.8. The van der Waals surface area contributed by atoms with Crippen LogP contribution in [0.15, 0.2) is 18.5 Å². The van der Waals surface area contributed by atoms with E-state index in [2.05, 4.69) is 4.98 Å². The van der Waals surface area contributed by atoms with Crippen LogP contribution in [0.1, 0.15) is 25.0 Å². The Hall–Kier alpha value is -1.46. The van der Waals surface area contributed by atoms with Gasteiger partial charge in [-0.1, -0.05) is 0 Å². The molecule has 1 aliphatic rings. The van der Waals surface area contributed by atoms with Crippen molar-refractivity contribution < 1.29 is 9.53 Å². The second-order valence-electron chi connectivity index (χ2n) is 5.37. The summed E-state index contributed by atoms with van der Waals surface area (Å²) >= 11 is 0. The van der Waals surface area contributed by atoms with Crippen LogP contribution in [-0.2, 0) is 9.53 Å². The van der Waals surface area contributed by atoms with E-state index in [-0.39, 0.29) is 23.9 Å². The van der Waals surface area contributed by atoms with Gasteiger partial charge in [-0.05, 0) is 27.1 Å². The Morgan fingerprint density at radius 1 is 1.53 bits per heavy atom. The molecular weight excluding hydrogens is 242 g/mol. The van der Waals surface area contributed by atoms with Crippen molar-refractivity contribution in [1.29, 1.82) is 0 Å². The van der Waals surface area contributed by atoms with E-state index in [0.717, 1.165) is 12.1 Å². The average molecular weight is 263 g/mol.